The van der Waals surface area contributed by atoms with E-state index in [0.717, 1.165) is 70.6 Å². The van der Waals surface area contributed by atoms with Crippen LogP contribution in [0, 0.1) is 0 Å². The number of esters is 2. The van der Waals surface area contributed by atoms with Gasteiger partial charge in [-0.05, 0) is 89.9 Å². The largest absolute Gasteiger partial charge is 0.462 e. The highest BCUT2D eigenvalue weighted by Gasteiger charge is 2.17. The Hall–Kier alpha value is -2.40. The van der Waals surface area contributed by atoms with Crippen molar-refractivity contribution in [2.75, 3.05) is 19.8 Å². The Balaban J connectivity index is 4.20. The highest BCUT2D eigenvalue weighted by molar-refractivity contribution is 5.70. The van der Waals surface area contributed by atoms with E-state index in [1.165, 1.54) is 161 Å². The molecule has 1 unspecified atom stereocenters. The first kappa shape index (κ1) is 59.6. The molecule has 0 aliphatic carbocycles. The molecule has 0 spiro atoms. The van der Waals surface area contributed by atoms with E-state index in [0.29, 0.717) is 19.4 Å². The molecule has 5 heteroatoms. The van der Waals surface area contributed by atoms with E-state index in [1.807, 2.05) is 0 Å². The fourth-order valence-corrected chi connectivity index (χ4v) is 7.49. The number of rotatable bonds is 49. The second-order valence-electron chi connectivity index (χ2n) is 17.8. The maximum atomic E-state index is 12.7. The summed E-state index contributed by atoms with van der Waals surface area (Å²) in [5.74, 6) is -0.410. The van der Waals surface area contributed by atoms with Crippen LogP contribution in [0.25, 0.3) is 0 Å². The van der Waals surface area contributed by atoms with Gasteiger partial charge >= 0.3 is 11.9 Å². The molecule has 0 aromatic heterocycles. The van der Waals surface area contributed by atoms with Crippen molar-refractivity contribution in [2.24, 2.45) is 0 Å². The molecule has 0 radical (unpaired) electrons. The average molecular weight is 867 g/mol. The molecular weight excluding hydrogens is 765 g/mol. The van der Waals surface area contributed by atoms with Gasteiger partial charge in [0.2, 0.25) is 0 Å². The summed E-state index contributed by atoms with van der Waals surface area (Å²) in [6.45, 7) is 7.76. The van der Waals surface area contributed by atoms with Gasteiger partial charge in [0.1, 0.15) is 6.61 Å². The number of carbonyl (C=O) groups is 2. The number of carbonyl (C=O) groups excluding carboxylic acids is 2. The van der Waals surface area contributed by atoms with Gasteiger partial charge in [-0.1, -0.05) is 223 Å². The quantitative estimate of drug-likeness (QED) is 0.0346. The zero-order chi connectivity index (χ0) is 44.9. The van der Waals surface area contributed by atoms with Crippen molar-refractivity contribution in [2.45, 2.75) is 271 Å². The number of hydrogen-bond acceptors (Lipinski definition) is 5. The molecule has 62 heavy (non-hydrogen) atoms. The molecule has 0 bridgehead atoms. The van der Waals surface area contributed by atoms with E-state index in [2.05, 4.69) is 81.5 Å². The monoisotopic (exact) mass is 867 g/mol. The molecule has 0 saturated carbocycles. The molecule has 1 atom stereocenters. The van der Waals surface area contributed by atoms with Gasteiger partial charge in [-0.25, -0.2) is 0 Å². The minimum Gasteiger partial charge on any atom is -0.462 e. The van der Waals surface area contributed by atoms with Gasteiger partial charge in [0.25, 0.3) is 0 Å². The van der Waals surface area contributed by atoms with Crippen molar-refractivity contribution in [3.63, 3.8) is 0 Å². The molecule has 0 N–H and O–H groups in total. The van der Waals surface area contributed by atoms with E-state index in [4.69, 9.17) is 14.2 Å². The van der Waals surface area contributed by atoms with Gasteiger partial charge in [-0.3, -0.25) is 9.59 Å². The molecule has 0 heterocycles. The van der Waals surface area contributed by atoms with E-state index in [9.17, 15) is 9.59 Å². The molecule has 0 saturated heterocycles. The van der Waals surface area contributed by atoms with Crippen LogP contribution in [0.2, 0.25) is 0 Å². The van der Waals surface area contributed by atoms with Crippen LogP contribution in [0.1, 0.15) is 265 Å². The Kier molecular flexibility index (Phi) is 50.9. The van der Waals surface area contributed by atoms with E-state index >= 15 is 0 Å². The zero-order valence-electron chi connectivity index (χ0n) is 41.4. The molecule has 0 aromatic carbocycles. The van der Waals surface area contributed by atoms with E-state index < -0.39 is 6.10 Å². The second kappa shape index (κ2) is 52.9. The van der Waals surface area contributed by atoms with Gasteiger partial charge in [-0.2, -0.15) is 0 Å². The van der Waals surface area contributed by atoms with E-state index in [1.54, 1.807) is 0 Å². The lowest BCUT2D eigenvalue weighted by Crippen LogP contribution is -2.30. The summed E-state index contributed by atoms with van der Waals surface area (Å²) in [5, 5.41) is 0. The molecular formula is C57H102O5. The molecule has 360 valence electrons. The van der Waals surface area contributed by atoms with Crippen LogP contribution in [-0.2, 0) is 23.8 Å². The number of unbranched alkanes of at least 4 members (excludes halogenated alkanes) is 28. The van der Waals surface area contributed by atoms with Crippen LogP contribution in [0.3, 0.4) is 0 Å². The second-order valence-corrected chi connectivity index (χ2v) is 17.8. The summed E-state index contributed by atoms with van der Waals surface area (Å²) in [6, 6.07) is 0. The fraction of sp³-hybridized carbons (Fsp3) is 0.789. The maximum Gasteiger partial charge on any atom is 0.306 e. The maximum absolute atomic E-state index is 12.7. The van der Waals surface area contributed by atoms with Crippen molar-refractivity contribution >= 4 is 11.9 Å². The van der Waals surface area contributed by atoms with Crippen LogP contribution < -0.4 is 0 Å². The van der Waals surface area contributed by atoms with Crippen LogP contribution in [0.4, 0.5) is 0 Å². The molecule has 5 nitrogen and oxygen atoms in total. The van der Waals surface area contributed by atoms with Crippen LogP contribution in [-0.4, -0.2) is 37.9 Å². The third kappa shape index (κ3) is 50.2. The summed E-state index contributed by atoms with van der Waals surface area (Å²) in [4.78, 5) is 25.3. The number of hydrogen-bond donors (Lipinski definition) is 0. The Morgan fingerprint density at radius 3 is 1.11 bits per heavy atom. The third-order valence-corrected chi connectivity index (χ3v) is 11.5. The standard InChI is InChI=1S/C57H102O5/c1-4-7-10-13-16-19-21-23-25-27-29-30-32-34-36-39-41-44-47-50-56(58)61-54-55(62-57(59)51-48-45-42-38-18-15-12-9-6-3)53-60-52-49-46-43-40-37-35-33-31-28-26-24-22-20-17-14-11-8-5-2/h16-17,19-20,23-26,29-30,55H,4-15,18,21-22,27-28,31-54H2,1-3H3/b19-16-,20-17-,25-23-,26-24-,30-29-. The van der Waals surface area contributed by atoms with Crippen LogP contribution >= 0.6 is 0 Å². The first-order valence-electron chi connectivity index (χ1n) is 26.8. The normalized spacial score (nSPS) is 12.6. The van der Waals surface area contributed by atoms with Crippen molar-refractivity contribution in [1.82, 2.24) is 0 Å². The Morgan fingerprint density at radius 2 is 0.677 bits per heavy atom. The Morgan fingerprint density at radius 1 is 0.355 bits per heavy atom. The molecule has 0 rings (SSSR count). The highest BCUT2D eigenvalue weighted by Crippen LogP contribution is 2.14. The van der Waals surface area contributed by atoms with E-state index in [-0.39, 0.29) is 25.2 Å². The van der Waals surface area contributed by atoms with Crippen LogP contribution in [0.15, 0.2) is 60.8 Å². The fourth-order valence-electron chi connectivity index (χ4n) is 7.49. The molecule has 0 aliphatic rings. The van der Waals surface area contributed by atoms with Crippen LogP contribution in [0.5, 0.6) is 0 Å². The SMILES string of the molecule is CCCCC/C=C\C/C=C\C/C=C\CCCCCCCCC(=O)OCC(COCCCCCCCCCC/C=C\C/C=C\CCCCC)OC(=O)CCCCCCCCCCC. The Bertz CT molecular complexity index is 1070. The molecule has 0 aromatic rings. The average Bonchev–Trinajstić information content (AvgIpc) is 3.27. The predicted molar refractivity (Wildman–Crippen MR) is 270 cm³/mol. The zero-order valence-corrected chi connectivity index (χ0v) is 41.4. The Labute approximate surface area is 385 Å². The van der Waals surface area contributed by atoms with Gasteiger partial charge in [0.15, 0.2) is 6.10 Å². The third-order valence-electron chi connectivity index (χ3n) is 11.5. The lowest BCUT2D eigenvalue weighted by molar-refractivity contribution is -0.163. The summed E-state index contributed by atoms with van der Waals surface area (Å²) in [7, 11) is 0. The summed E-state index contributed by atoms with van der Waals surface area (Å²) >= 11 is 0. The minimum atomic E-state index is -0.542. The smallest absolute Gasteiger partial charge is 0.306 e. The number of allylic oxidation sites excluding steroid dienone is 10. The van der Waals surface area contributed by atoms with Gasteiger partial charge in [0, 0.05) is 19.4 Å². The lowest BCUT2D eigenvalue weighted by atomic mass is 10.1. The topological polar surface area (TPSA) is 61.8 Å². The molecule has 0 fully saturated rings. The van der Waals surface area contributed by atoms with Crippen molar-refractivity contribution in [3.05, 3.63) is 60.8 Å². The number of ether oxygens (including phenoxy) is 3. The summed E-state index contributed by atoms with van der Waals surface area (Å²) < 4.78 is 17.4. The van der Waals surface area contributed by atoms with Crippen molar-refractivity contribution in [1.29, 1.82) is 0 Å². The summed E-state index contributed by atoms with van der Waals surface area (Å²) in [5.41, 5.74) is 0. The first-order chi connectivity index (χ1) is 30.6. The highest BCUT2D eigenvalue weighted by atomic mass is 16.6. The predicted octanol–water partition coefficient (Wildman–Crippen LogP) is 18.1. The first-order valence-corrected chi connectivity index (χ1v) is 26.8. The van der Waals surface area contributed by atoms with Gasteiger partial charge < -0.3 is 14.2 Å². The van der Waals surface area contributed by atoms with Crippen molar-refractivity contribution in [3.8, 4) is 0 Å². The summed E-state index contributed by atoms with van der Waals surface area (Å²) in [6.07, 6.45) is 66.6. The van der Waals surface area contributed by atoms with Gasteiger partial charge in [-0.15, -0.1) is 0 Å². The molecule has 0 aliphatic heterocycles. The van der Waals surface area contributed by atoms with Crippen molar-refractivity contribution < 1.29 is 23.8 Å². The molecule has 0 amide bonds. The lowest BCUT2D eigenvalue weighted by Gasteiger charge is -2.18. The van der Waals surface area contributed by atoms with Gasteiger partial charge in [0.05, 0.1) is 6.61 Å². The minimum absolute atomic E-state index is 0.0772.